The minimum Gasteiger partial charge on any atom is -0.495 e. The van der Waals surface area contributed by atoms with Gasteiger partial charge in [0.05, 0.1) is 31.3 Å². The number of rotatable bonds is 16. The van der Waals surface area contributed by atoms with Crippen LogP contribution in [0.25, 0.3) is 16.8 Å². The summed E-state index contributed by atoms with van der Waals surface area (Å²) < 4.78 is 11.3. The zero-order valence-corrected chi connectivity index (χ0v) is 26.8. The third-order valence-electron chi connectivity index (χ3n) is 8.02. The number of benzene rings is 2. The van der Waals surface area contributed by atoms with Crippen molar-refractivity contribution in [3.8, 4) is 11.5 Å². The minimum atomic E-state index is -0.159. The number of unbranched alkanes of at least 4 members (excludes halogenated alkanes) is 4. The molecule has 0 radical (unpaired) electrons. The molecule has 0 aromatic heterocycles. The number of amides is 4. The van der Waals surface area contributed by atoms with Crippen LogP contribution < -0.4 is 30.7 Å². The van der Waals surface area contributed by atoms with Crippen LogP contribution in [0.1, 0.15) is 63.9 Å². The standard InChI is InChI=1S/C32H43ClN4O5S/c1-20(18-23-27(33)30(42-3)22-13-7-6-12-21(22)29(23)41-2)31(39)35-17-11-5-4-10-16-34-26(38)15-9-8-14-25-28-24(19-43-25)36-32(40)37-28/h6-7,12-13,18,24-25,28H,4-5,8-11,14-17,19H2,1-3H3,(H,34,38)(H,35,39)(H2,36,37,40)/b20-18+/t24-,25-,28-/m0/s1. The van der Waals surface area contributed by atoms with E-state index in [4.69, 9.17) is 21.1 Å². The quantitative estimate of drug-likeness (QED) is 0.112. The van der Waals surface area contributed by atoms with Crippen molar-refractivity contribution in [3.05, 3.63) is 40.4 Å². The summed E-state index contributed by atoms with van der Waals surface area (Å²) in [6.07, 6.45) is 8.87. The van der Waals surface area contributed by atoms with Crippen LogP contribution in [0, 0.1) is 0 Å². The predicted molar refractivity (Wildman–Crippen MR) is 174 cm³/mol. The number of urea groups is 1. The number of ether oxygens (including phenoxy) is 2. The Kier molecular flexibility index (Phi) is 12.3. The molecule has 0 bridgehead atoms. The Hall–Kier alpha value is -3.11. The second kappa shape index (κ2) is 16.1. The lowest BCUT2D eigenvalue weighted by Gasteiger charge is -2.16. The topological polar surface area (TPSA) is 118 Å². The SMILES string of the molecule is COc1c(Cl)c(/C=C(\C)C(=O)NCCCCCCNC(=O)CCCC[C@@H]2SC[C@@H]3NC(=O)N[C@@H]32)c(OC)c2ccccc12. The Balaban J connectivity index is 1.09. The Morgan fingerprint density at radius 2 is 1.65 bits per heavy atom. The maximum Gasteiger partial charge on any atom is 0.315 e. The molecule has 43 heavy (non-hydrogen) atoms. The van der Waals surface area contributed by atoms with E-state index < -0.39 is 0 Å². The van der Waals surface area contributed by atoms with Gasteiger partial charge >= 0.3 is 6.03 Å². The van der Waals surface area contributed by atoms with Gasteiger partial charge in [0.2, 0.25) is 11.8 Å². The van der Waals surface area contributed by atoms with Crippen LogP contribution in [0.2, 0.25) is 5.02 Å². The van der Waals surface area contributed by atoms with Gasteiger partial charge in [-0.2, -0.15) is 11.8 Å². The summed E-state index contributed by atoms with van der Waals surface area (Å²) in [7, 11) is 3.16. The van der Waals surface area contributed by atoms with E-state index in [1.54, 1.807) is 27.2 Å². The van der Waals surface area contributed by atoms with Gasteiger partial charge in [-0.05, 0) is 38.7 Å². The molecular weight excluding hydrogens is 588 g/mol. The van der Waals surface area contributed by atoms with Gasteiger partial charge in [0.1, 0.15) is 11.5 Å². The van der Waals surface area contributed by atoms with E-state index in [1.165, 1.54) is 0 Å². The fourth-order valence-corrected chi connectivity index (χ4v) is 7.59. The van der Waals surface area contributed by atoms with Crippen LogP contribution in [-0.4, -0.2) is 68.2 Å². The molecule has 0 unspecified atom stereocenters. The van der Waals surface area contributed by atoms with E-state index in [0.717, 1.165) is 61.5 Å². The fourth-order valence-electron chi connectivity index (χ4n) is 5.73. The number of nitrogens with one attached hydrogen (secondary N) is 4. The zero-order valence-electron chi connectivity index (χ0n) is 25.2. The van der Waals surface area contributed by atoms with Gasteiger partial charge in [-0.3, -0.25) is 9.59 Å². The average Bonchev–Trinajstić information content (AvgIpc) is 3.56. The second-order valence-corrected chi connectivity index (χ2v) is 12.7. The highest BCUT2D eigenvalue weighted by molar-refractivity contribution is 8.00. The first-order valence-corrected chi connectivity index (χ1v) is 16.5. The van der Waals surface area contributed by atoms with Gasteiger partial charge in [-0.15, -0.1) is 0 Å². The van der Waals surface area contributed by atoms with Crippen molar-refractivity contribution < 1.29 is 23.9 Å². The number of carbonyl (C=O) groups is 3. The summed E-state index contributed by atoms with van der Waals surface area (Å²) in [5.74, 6) is 2.05. The third kappa shape index (κ3) is 8.50. The lowest BCUT2D eigenvalue weighted by molar-refractivity contribution is -0.121. The summed E-state index contributed by atoms with van der Waals surface area (Å²) in [6.45, 7) is 3.00. The summed E-state index contributed by atoms with van der Waals surface area (Å²) in [5.41, 5.74) is 1.13. The van der Waals surface area contributed by atoms with Crippen LogP contribution in [0.3, 0.4) is 0 Å². The van der Waals surface area contributed by atoms with Crippen LogP contribution in [0.4, 0.5) is 4.79 Å². The van der Waals surface area contributed by atoms with Crippen LogP contribution in [-0.2, 0) is 9.59 Å². The van der Waals surface area contributed by atoms with Crippen molar-refractivity contribution in [2.45, 2.75) is 75.6 Å². The number of methoxy groups -OCH3 is 2. The number of hydrogen-bond donors (Lipinski definition) is 4. The van der Waals surface area contributed by atoms with E-state index in [9.17, 15) is 14.4 Å². The molecular formula is C32H43ClN4O5S. The molecule has 0 saturated carbocycles. The maximum absolute atomic E-state index is 12.8. The number of halogens is 1. The van der Waals surface area contributed by atoms with Gasteiger partial charge in [0, 0.05) is 52.4 Å². The Morgan fingerprint density at radius 3 is 2.35 bits per heavy atom. The van der Waals surface area contributed by atoms with Crippen molar-refractivity contribution in [1.29, 1.82) is 0 Å². The van der Waals surface area contributed by atoms with Gasteiger partial charge in [-0.1, -0.05) is 55.1 Å². The normalized spacial score (nSPS) is 19.5. The first kappa shape index (κ1) is 32.8. The smallest absolute Gasteiger partial charge is 0.315 e. The largest absolute Gasteiger partial charge is 0.495 e. The summed E-state index contributed by atoms with van der Waals surface area (Å²) in [6, 6.07) is 8.11. The molecule has 2 saturated heterocycles. The summed E-state index contributed by atoms with van der Waals surface area (Å²) >= 11 is 8.59. The van der Waals surface area contributed by atoms with E-state index >= 15 is 0 Å². The van der Waals surface area contributed by atoms with Gasteiger partial charge < -0.3 is 30.7 Å². The second-order valence-electron chi connectivity index (χ2n) is 11.1. The molecule has 4 amide bonds. The Morgan fingerprint density at radius 1 is 0.977 bits per heavy atom. The van der Waals surface area contributed by atoms with Gasteiger partial charge in [0.15, 0.2) is 0 Å². The molecule has 4 rings (SSSR count). The summed E-state index contributed by atoms with van der Waals surface area (Å²) in [5, 5.41) is 14.5. The molecule has 2 aliphatic rings. The van der Waals surface area contributed by atoms with E-state index in [1.807, 2.05) is 36.0 Å². The Bertz CT molecular complexity index is 1340. The minimum absolute atomic E-state index is 0.0571. The van der Waals surface area contributed by atoms with Crippen LogP contribution in [0.5, 0.6) is 11.5 Å². The van der Waals surface area contributed by atoms with Crippen LogP contribution >= 0.6 is 23.4 Å². The molecule has 0 spiro atoms. The van der Waals surface area contributed by atoms with E-state index in [-0.39, 0.29) is 29.9 Å². The first-order valence-electron chi connectivity index (χ1n) is 15.1. The molecule has 3 atom stereocenters. The molecule has 2 heterocycles. The van der Waals surface area contributed by atoms with Crippen molar-refractivity contribution in [3.63, 3.8) is 0 Å². The van der Waals surface area contributed by atoms with Crippen molar-refractivity contribution in [1.82, 2.24) is 21.3 Å². The Labute approximate surface area is 263 Å². The number of hydrogen-bond acceptors (Lipinski definition) is 6. The molecule has 2 fully saturated rings. The number of fused-ring (bicyclic) bond motifs is 2. The van der Waals surface area contributed by atoms with Crippen molar-refractivity contribution in [2.24, 2.45) is 0 Å². The highest BCUT2D eigenvalue weighted by atomic mass is 35.5. The molecule has 0 aliphatic carbocycles. The van der Waals surface area contributed by atoms with Crippen LogP contribution in [0.15, 0.2) is 29.8 Å². The van der Waals surface area contributed by atoms with Crippen molar-refractivity contribution >= 4 is 58.1 Å². The highest BCUT2D eigenvalue weighted by Crippen LogP contribution is 2.44. The fraction of sp³-hybridized carbons (Fsp3) is 0.531. The first-order chi connectivity index (χ1) is 20.8. The van der Waals surface area contributed by atoms with Crippen molar-refractivity contribution in [2.75, 3.05) is 33.1 Å². The molecule has 9 nitrogen and oxygen atoms in total. The lowest BCUT2D eigenvalue weighted by atomic mass is 10.0. The van der Waals surface area contributed by atoms with Gasteiger partial charge in [0.25, 0.3) is 0 Å². The van der Waals surface area contributed by atoms with E-state index in [2.05, 4.69) is 21.3 Å². The highest BCUT2D eigenvalue weighted by Gasteiger charge is 2.42. The number of carbonyl (C=O) groups excluding carboxylic acids is 3. The summed E-state index contributed by atoms with van der Waals surface area (Å²) in [4.78, 5) is 36.4. The van der Waals surface area contributed by atoms with E-state index in [0.29, 0.717) is 52.4 Å². The number of thioether (sulfide) groups is 1. The molecule has 11 heteroatoms. The molecule has 4 N–H and O–H groups in total. The maximum atomic E-state index is 12.8. The lowest BCUT2D eigenvalue weighted by Crippen LogP contribution is -2.36. The monoisotopic (exact) mass is 630 g/mol. The molecule has 2 aliphatic heterocycles. The third-order valence-corrected chi connectivity index (χ3v) is 9.90. The average molecular weight is 631 g/mol. The zero-order chi connectivity index (χ0) is 30.8. The van der Waals surface area contributed by atoms with Gasteiger partial charge in [-0.25, -0.2) is 4.79 Å². The predicted octanol–water partition coefficient (Wildman–Crippen LogP) is 5.43. The molecule has 234 valence electrons. The molecule has 2 aromatic rings. The molecule has 2 aromatic carbocycles.